The van der Waals surface area contributed by atoms with Gasteiger partial charge in [-0.1, -0.05) is 6.07 Å². The first-order valence-electron chi connectivity index (χ1n) is 8.88. The number of rotatable bonds is 6. The summed E-state index contributed by atoms with van der Waals surface area (Å²) >= 11 is 1.70. The van der Waals surface area contributed by atoms with Crippen LogP contribution in [-0.2, 0) is 15.8 Å². The van der Waals surface area contributed by atoms with E-state index >= 15 is 0 Å². The molecule has 1 aromatic carbocycles. The number of nitrogens with zero attached hydrogens (tertiary/aromatic N) is 3. The van der Waals surface area contributed by atoms with Crippen molar-refractivity contribution in [2.24, 2.45) is 0 Å². The zero-order valence-electron chi connectivity index (χ0n) is 15.2. The van der Waals surface area contributed by atoms with Crippen LogP contribution in [0.1, 0.15) is 22.8 Å². The highest BCUT2D eigenvalue weighted by atomic mass is 32.2. The van der Waals surface area contributed by atoms with Crippen molar-refractivity contribution in [2.45, 2.75) is 17.6 Å². The third-order valence-electron chi connectivity index (χ3n) is 4.51. The van der Waals surface area contributed by atoms with Crippen LogP contribution in [0.4, 0.5) is 0 Å². The lowest BCUT2D eigenvalue weighted by atomic mass is 10.2. The largest absolute Gasteiger partial charge is 0.336 e. The number of carbonyl (C=O) groups is 1. The van der Waals surface area contributed by atoms with Crippen LogP contribution in [0.2, 0.25) is 0 Å². The number of thioether (sulfide) groups is 1. The molecular weight excluding hydrogens is 382 g/mol. The minimum atomic E-state index is -3.18. The molecule has 0 aliphatic carbocycles. The fraction of sp³-hybridized carbons (Fsp3) is 0.368. The first-order chi connectivity index (χ1) is 13.0. The fourth-order valence-corrected chi connectivity index (χ4v) is 4.80. The fourth-order valence-electron chi connectivity index (χ4n) is 2.88. The van der Waals surface area contributed by atoms with E-state index in [4.69, 9.17) is 0 Å². The van der Waals surface area contributed by atoms with Gasteiger partial charge >= 0.3 is 0 Å². The smallest absolute Gasteiger partial charge is 0.253 e. The van der Waals surface area contributed by atoms with Gasteiger partial charge in [0.15, 0.2) is 0 Å². The Labute approximate surface area is 164 Å². The van der Waals surface area contributed by atoms with Gasteiger partial charge in [-0.25, -0.2) is 8.42 Å². The van der Waals surface area contributed by atoms with Crippen LogP contribution < -0.4 is 0 Å². The van der Waals surface area contributed by atoms with Gasteiger partial charge in [-0.15, -0.1) is 11.8 Å². The average molecular weight is 406 g/mol. The van der Waals surface area contributed by atoms with Crippen LogP contribution in [0, 0.1) is 0 Å². The molecule has 1 aliphatic heterocycles. The maximum absolute atomic E-state index is 12.7. The molecular formula is C19H23N3O3S2. The zero-order valence-corrected chi connectivity index (χ0v) is 16.9. The summed E-state index contributed by atoms with van der Waals surface area (Å²) in [6.45, 7) is 3.22. The Morgan fingerprint density at radius 3 is 2.41 bits per heavy atom. The van der Waals surface area contributed by atoms with Crippen molar-refractivity contribution < 1.29 is 13.2 Å². The number of hydrogen-bond donors (Lipinski definition) is 0. The SMILES string of the molecule is CCS(=O)(=O)N1CCN(C(=O)c2ccc(SCc3cccnc3)cc2)CC1. The van der Waals surface area contributed by atoms with Crippen molar-refractivity contribution in [3.8, 4) is 0 Å². The third-order valence-corrected chi connectivity index (χ3v) is 7.48. The van der Waals surface area contributed by atoms with Gasteiger partial charge in [-0.05, 0) is 42.8 Å². The van der Waals surface area contributed by atoms with E-state index in [0.717, 1.165) is 16.2 Å². The number of sulfonamides is 1. The van der Waals surface area contributed by atoms with E-state index in [1.54, 1.807) is 29.8 Å². The standard InChI is InChI=1S/C19H23N3O3S2/c1-2-27(24,25)22-12-10-21(11-13-22)19(23)17-5-7-18(8-6-17)26-15-16-4-3-9-20-14-16/h3-9,14H,2,10-13,15H2,1H3. The summed E-state index contributed by atoms with van der Waals surface area (Å²) in [6, 6.07) is 11.5. The minimum Gasteiger partial charge on any atom is -0.336 e. The van der Waals surface area contributed by atoms with E-state index < -0.39 is 10.0 Å². The average Bonchev–Trinajstić information content (AvgIpc) is 2.73. The lowest BCUT2D eigenvalue weighted by Gasteiger charge is -2.33. The van der Waals surface area contributed by atoms with Crippen LogP contribution in [0.5, 0.6) is 0 Å². The Morgan fingerprint density at radius 2 is 1.81 bits per heavy atom. The van der Waals surface area contributed by atoms with Crippen molar-refractivity contribution in [1.82, 2.24) is 14.2 Å². The van der Waals surface area contributed by atoms with Crippen molar-refractivity contribution in [3.63, 3.8) is 0 Å². The van der Waals surface area contributed by atoms with E-state index in [9.17, 15) is 13.2 Å². The topological polar surface area (TPSA) is 70.6 Å². The molecule has 2 aromatic rings. The predicted octanol–water partition coefficient (Wildman–Crippen LogP) is 2.48. The van der Waals surface area contributed by atoms with Crippen LogP contribution in [0.25, 0.3) is 0 Å². The van der Waals surface area contributed by atoms with Crippen LogP contribution in [0.3, 0.4) is 0 Å². The summed E-state index contributed by atoms with van der Waals surface area (Å²) in [7, 11) is -3.18. The van der Waals surface area contributed by atoms with Crippen molar-refractivity contribution in [2.75, 3.05) is 31.9 Å². The molecule has 1 saturated heterocycles. The summed E-state index contributed by atoms with van der Waals surface area (Å²) in [5, 5.41) is 0. The molecule has 27 heavy (non-hydrogen) atoms. The Bertz CT molecular complexity index is 863. The van der Waals surface area contributed by atoms with E-state index in [1.165, 1.54) is 4.31 Å². The molecule has 0 radical (unpaired) electrons. The molecule has 1 fully saturated rings. The van der Waals surface area contributed by atoms with E-state index in [0.29, 0.717) is 31.7 Å². The highest BCUT2D eigenvalue weighted by Crippen LogP contribution is 2.23. The molecule has 0 saturated carbocycles. The Morgan fingerprint density at radius 1 is 1.11 bits per heavy atom. The lowest BCUT2D eigenvalue weighted by molar-refractivity contribution is 0.0698. The van der Waals surface area contributed by atoms with Crippen LogP contribution >= 0.6 is 11.8 Å². The highest BCUT2D eigenvalue weighted by molar-refractivity contribution is 7.98. The summed E-state index contributed by atoms with van der Waals surface area (Å²) in [5.74, 6) is 0.876. The predicted molar refractivity (Wildman–Crippen MR) is 107 cm³/mol. The Kier molecular flexibility index (Phi) is 6.51. The van der Waals surface area contributed by atoms with Gasteiger partial charge in [-0.3, -0.25) is 9.78 Å². The second-order valence-electron chi connectivity index (χ2n) is 6.27. The lowest BCUT2D eigenvalue weighted by Crippen LogP contribution is -2.50. The van der Waals surface area contributed by atoms with Gasteiger partial charge in [0, 0.05) is 54.8 Å². The quantitative estimate of drug-likeness (QED) is 0.691. The normalized spacial score (nSPS) is 15.7. The number of hydrogen-bond acceptors (Lipinski definition) is 5. The minimum absolute atomic E-state index is 0.0487. The first kappa shape index (κ1) is 19.9. The second-order valence-corrected chi connectivity index (χ2v) is 9.57. The number of piperazine rings is 1. The van der Waals surface area contributed by atoms with Gasteiger partial charge in [-0.2, -0.15) is 4.31 Å². The van der Waals surface area contributed by atoms with Crippen molar-refractivity contribution in [1.29, 1.82) is 0 Å². The molecule has 8 heteroatoms. The van der Waals surface area contributed by atoms with Gasteiger partial charge < -0.3 is 4.90 Å². The second kappa shape index (κ2) is 8.86. The number of benzene rings is 1. The zero-order chi connectivity index (χ0) is 19.3. The molecule has 0 N–H and O–H groups in total. The van der Waals surface area contributed by atoms with Crippen LogP contribution in [0.15, 0.2) is 53.7 Å². The first-order valence-corrected chi connectivity index (χ1v) is 11.5. The summed E-state index contributed by atoms with van der Waals surface area (Å²) in [6.07, 6.45) is 3.61. The molecule has 1 aromatic heterocycles. The van der Waals surface area contributed by atoms with Gasteiger partial charge in [0.2, 0.25) is 10.0 Å². The highest BCUT2D eigenvalue weighted by Gasteiger charge is 2.27. The van der Waals surface area contributed by atoms with Gasteiger partial charge in [0.1, 0.15) is 0 Å². The van der Waals surface area contributed by atoms with E-state index in [-0.39, 0.29) is 11.7 Å². The maximum Gasteiger partial charge on any atom is 0.253 e. The molecule has 0 atom stereocenters. The van der Waals surface area contributed by atoms with E-state index in [2.05, 4.69) is 4.98 Å². The molecule has 3 rings (SSSR count). The van der Waals surface area contributed by atoms with Gasteiger partial charge in [0.05, 0.1) is 5.75 Å². The summed E-state index contributed by atoms with van der Waals surface area (Å²) in [5.41, 5.74) is 1.79. The molecule has 6 nitrogen and oxygen atoms in total. The molecule has 0 spiro atoms. The van der Waals surface area contributed by atoms with Gasteiger partial charge in [0.25, 0.3) is 5.91 Å². The molecule has 0 bridgehead atoms. The molecule has 1 aliphatic rings. The summed E-state index contributed by atoms with van der Waals surface area (Å²) in [4.78, 5) is 19.6. The number of amides is 1. The molecule has 1 amide bonds. The number of pyridine rings is 1. The molecule has 2 heterocycles. The van der Waals surface area contributed by atoms with Crippen LogP contribution in [-0.4, -0.2) is 60.4 Å². The molecule has 144 valence electrons. The monoisotopic (exact) mass is 405 g/mol. The van der Waals surface area contributed by atoms with E-state index in [1.807, 2.05) is 42.6 Å². The van der Waals surface area contributed by atoms with Crippen molar-refractivity contribution >= 4 is 27.7 Å². The Balaban J connectivity index is 1.55. The molecule has 0 unspecified atom stereocenters. The van der Waals surface area contributed by atoms with Crippen molar-refractivity contribution in [3.05, 3.63) is 59.9 Å². The third kappa shape index (κ3) is 5.09. The summed E-state index contributed by atoms with van der Waals surface area (Å²) < 4.78 is 25.3. The Hall–Kier alpha value is -1.90. The number of carbonyl (C=O) groups excluding carboxylic acids is 1. The number of aromatic nitrogens is 1. The maximum atomic E-state index is 12.7.